The SMILES string of the molecule is COc1cc(C)ccc1C(Cc1c(Br)c(C)nn1C)NN. The van der Waals surface area contributed by atoms with Crippen LogP contribution in [-0.4, -0.2) is 16.9 Å². The minimum absolute atomic E-state index is 0.0494. The van der Waals surface area contributed by atoms with E-state index >= 15 is 0 Å². The quantitative estimate of drug-likeness (QED) is 0.641. The summed E-state index contributed by atoms with van der Waals surface area (Å²) in [5.74, 6) is 6.61. The van der Waals surface area contributed by atoms with Crippen molar-refractivity contribution in [1.82, 2.24) is 15.2 Å². The molecule has 5 nitrogen and oxygen atoms in total. The van der Waals surface area contributed by atoms with Crippen LogP contribution >= 0.6 is 15.9 Å². The molecule has 1 heterocycles. The molecule has 114 valence electrons. The van der Waals surface area contributed by atoms with Crippen molar-refractivity contribution in [2.45, 2.75) is 26.3 Å². The second kappa shape index (κ2) is 6.60. The second-order valence-electron chi connectivity index (χ2n) is 5.14. The fourth-order valence-corrected chi connectivity index (χ4v) is 2.96. The number of hydrogen-bond acceptors (Lipinski definition) is 4. The van der Waals surface area contributed by atoms with Crippen LogP contribution in [-0.2, 0) is 13.5 Å². The van der Waals surface area contributed by atoms with E-state index in [0.29, 0.717) is 6.42 Å². The van der Waals surface area contributed by atoms with E-state index in [2.05, 4.69) is 38.6 Å². The molecule has 1 aromatic carbocycles. The minimum atomic E-state index is -0.0494. The van der Waals surface area contributed by atoms with Crippen LogP contribution in [0.15, 0.2) is 22.7 Å². The van der Waals surface area contributed by atoms with Crippen LogP contribution in [0.1, 0.15) is 28.6 Å². The Morgan fingerprint density at radius 1 is 1.43 bits per heavy atom. The van der Waals surface area contributed by atoms with E-state index in [0.717, 1.165) is 32.7 Å². The van der Waals surface area contributed by atoms with Crippen LogP contribution in [0.3, 0.4) is 0 Å². The fraction of sp³-hybridized carbons (Fsp3) is 0.400. The van der Waals surface area contributed by atoms with Gasteiger partial charge in [-0.25, -0.2) is 0 Å². The van der Waals surface area contributed by atoms with Gasteiger partial charge in [-0.05, 0) is 41.4 Å². The molecule has 1 atom stereocenters. The average molecular weight is 353 g/mol. The monoisotopic (exact) mass is 352 g/mol. The average Bonchev–Trinajstić information content (AvgIpc) is 2.70. The third kappa shape index (κ3) is 3.28. The Bertz CT molecular complexity index is 639. The molecule has 6 heteroatoms. The number of halogens is 1. The van der Waals surface area contributed by atoms with Gasteiger partial charge in [-0.2, -0.15) is 5.10 Å². The van der Waals surface area contributed by atoms with E-state index in [1.165, 1.54) is 0 Å². The zero-order chi connectivity index (χ0) is 15.6. The summed E-state index contributed by atoms with van der Waals surface area (Å²) in [6.45, 7) is 4.02. The lowest BCUT2D eigenvalue weighted by Gasteiger charge is -2.20. The van der Waals surface area contributed by atoms with Crippen LogP contribution in [0.25, 0.3) is 0 Å². The van der Waals surface area contributed by atoms with Crippen LogP contribution in [0, 0.1) is 13.8 Å². The molecule has 0 aliphatic carbocycles. The van der Waals surface area contributed by atoms with E-state index < -0.39 is 0 Å². The summed E-state index contributed by atoms with van der Waals surface area (Å²) < 4.78 is 8.39. The van der Waals surface area contributed by atoms with Crippen molar-refractivity contribution in [2.75, 3.05) is 7.11 Å². The summed E-state index contributed by atoms with van der Waals surface area (Å²) >= 11 is 3.60. The standard InChI is InChI=1S/C15H21BrN4O/c1-9-5-6-11(14(7-9)21-4)12(18-17)8-13-15(16)10(2)19-20(13)3/h5-7,12,18H,8,17H2,1-4H3. The number of methoxy groups -OCH3 is 1. The van der Waals surface area contributed by atoms with Gasteiger partial charge in [-0.15, -0.1) is 0 Å². The van der Waals surface area contributed by atoms with Crippen molar-refractivity contribution in [3.8, 4) is 5.75 Å². The van der Waals surface area contributed by atoms with Gasteiger partial charge in [0.2, 0.25) is 0 Å². The Hall–Kier alpha value is -1.37. The molecule has 0 aliphatic rings. The van der Waals surface area contributed by atoms with Crippen LogP contribution in [0.5, 0.6) is 5.75 Å². The zero-order valence-corrected chi connectivity index (χ0v) is 14.4. The van der Waals surface area contributed by atoms with E-state index in [1.807, 2.05) is 31.6 Å². The number of rotatable bonds is 5. The summed E-state index contributed by atoms with van der Waals surface area (Å²) in [6, 6.07) is 6.08. The summed E-state index contributed by atoms with van der Waals surface area (Å²) in [5.41, 5.74) is 7.14. The maximum Gasteiger partial charge on any atom is 0.123 e. The number of hydrazine groups is 1. The molecule has 0 aliphatic heterocycles. The van der Waals surface area contributed by atoms with Gasteiger partial charge >= 0.3 is 0 Å². The summed E-state index contributed by atoms with van der Waals surface area (Å²) in [5, 5.41) is 4.42. The first-order valence-corrected chi connectivity index (χ1v) is 7.55. The van der Waals surface area contributed by atoms with Crippen molar-refractivity contribution in [3.05, 3.63) is 45.2 Å². The van der Waals surface area contributed by atoms with Crippen molar-refractivity contribution in [3.63, 3.8) is 0 Å². The smallest absolute Gasteiger partial charge is 0.123 e. The predicted molar refractivity (Wildman–Crippen MR) is 87.1 cm³/mol. The highest BCUT2D eigenvalue weighted by atomic mass is 79.9. The number of aryl methyl sites for hydroxylation is 3. The maximum atomic E-state index is 5.77. The lowest BCUT2D eigenvalue weighted by molar-refractivity contribution is 0.397. The van der Waals surface area contributed by atoms with Crippen LogP contribution in [0.2, 0.25) is 0 Å². The highest BCUT2D eigenvalue weighted by Crippen LogP contribution is 2.30. The number of aromatic nitrogens is 2. The third-order valence-electron chi connectivity index (χ3n) is 3.62. The first-order chi connectivity index (χ1) is 9.97. The van der Waals surface area contributed by atoms with Gasteiger partial charge in [-0.1, -0.05) is 12.1 Å². The summed E-state index contributed by atoms with van der Waals surface area (Å²) in [7, 11) is 3.61. The Morgan fingerprint density at radius 3 is 2.67 bits per heavy atom. The topological polar surface area (TPSA) is 65.1 Å². The molecular weight excluding hydrogens is 332 g/mol. The third-order valence-corrected chi connectivity index (χ3v) is 4.66. The number of nitrogens with one attached hydrogen (secondary N) is 1. The van der Waals surface area contributed by atoms with Crippen LogP contribution < -0.4 is 16.0 Å². The maximum absolute atomic E-state index is 5.77. The Kier molecular flexibility index (Phi) is 5.03. The molecule has 3 N–H and O–H groups in total. The number of ether oxygens (including phenoxy) is 1. The van der Waals surface area contributed by atoms with Gasteiger partial charge in [-0.3, -0.25) is 16.0 Å². The number of nitrogens with zero attached hydrogens (tertiary/aromatic N) is 2. The molecule has 1 aromatic heterocycles. The Labute approximate surface area is 133 Å². The number of hydrogen-bond donors (Lipinski definition) is 2. The number of benzene rings is 1. The van der Waals surface area contributed by atoms with Gasteiger partial charge in [0.25, 0.3) is 0 Å². The second-order valence-corrected chi connectivity index (χ2v) is 5.93. The molecule has 0 saturated carbocycles. The first kappa shape index (κ1) is 16.0. The van der Waals surface area contributed by atoms with E-state index in [-0.39, 0.29) is 6.04 Å². The molecule has 0 radical (unpaired) electrons. The van der Waals surface area contributed by atoms with Gasteiger partial charge in [0.15, 0.2) is 0 Å². The lowest BCUT2D eigenvalue weighted by atomic mass is 10.00. The minimum Gasteiger partial charge on any atom is -0.496 e. The Balaban J connectivity index is 2.36. The van der Waals surface area contributed by atoms with Gasteiger partial charge < -0.3 is 4.74 Å². The van der Waals surface area contributed by atoms with Crippen molar-refractivity contribution >= 4 is 15.9 Å². The van der Waals surface area contributed by atoms with Crippen molar-refractivity contribution < 1.29 is 4.74 Å². The molecule has 0 amide bonds. The molecule has 0 saturated heterocycles. The number of nitrogens with two attached hydrogens (primary N) is 1. The molecule has 1 unspecified atom stereocenters. The Morgan fingerprint density at radius 2 is 2.14 bits per heavy atom. The largest absolute Gasteiger partial charge is 0.496 e. The first-order valence-electron chi connectivity index (χ1n) is 6.76. The molecule has 2 aromatic rings. The molecule has 0 fully saturated rings. The highest BCUT2D eigenvalue weighted by Gasteiger charge is 2.20. The predicted octanol–water partition coefficient (Wildman–Crippen LogP) is 2.56. The molecule has 2 rings (SSSR count). The van der Waals surface area contributed by atoms with Gasteiger partial charge in [0.05, 0.1) is 29.0 Å². The van der Waals surface area contributed by atoms with Crippen molar-refractivity contribution in [1.29, 1.82) is 0 Å². The van der Waals surface area contributed by atoms with E-state index in [4.69, 9.17) is 10.6 Å². The van der Waals surface area contributed by atoms with Gasteiger partial charge in [0, 0.05) is 19.0 Å². The lowest BCUT2D eigenvalue weighted by Crippen LogP contribution is -2.30. The summed E-state index contributed by atoms with van der Waals surface area (Å²) in [4.78, 5) is 0. The van der Waals surface area contributed by atoms with E-state index in [9.17, 15) is 0 Å². The van der Waals surface area contributed by atoms with Crippen LogP contribution in [0.4, 0.5) is 0 Å². The van der Waals surface area contributed by atoms with Gasteiger partial charge in [0.1, 0.15) is 5.75 Å². The fourth-order valence-electron chi connectivity index (χ4n) is 2.46. The molecule has 0 bridgehead atoms. The normalized spacial score (nSPS) is 12.5. The van der Waals surface area contributed by atoms with Crippen molar-refractivity contribution in [2.24, 2.45) is 12.9 Å². The molecule has 21 heavy (non-hydrogen) atoms. The molecular formula is C15H21BrN4O. The van der Waals surface area contributed by atoms with E-state index in [1.54, 1.807) is 7.11 Å². The summed E-state index contributed by atoms with van der Waals surface area (Å²) in [6.07, 6.45) is 0.716. The highest BCUT2D eigenvalue weighted by molar-refractivity contribution is 9.10. The zero-order valence-electron chi connectivity index (χ0n) is 12.8. The molecule has 0 spiro atoms.